The minimum atomic E-state index is 0.0873. The Balaban J connectivity index is 1.65. The first-order valence-electron chi connectivity index (χ1n) is 8.95. The molecule has 22 heavy (non-hydrogen) atoms. The van der Waals surface area contributed by atoms with Crippen LogP contribution in [-0.4, -0.2) is 67.8 Å². The number of nitrogens with zero attached hydrogens (tertiary/aromatic N) is 2. The van der Waals surface area contributed by atoms with E-state index in [1.807, 2.05) is 4.90 Å². The molecule has 2 amide bonds. The quantitative estimate of drug-likeness (QED) is 0.818. The zero-order valence-corrected chi connectivity index (χ0v) is 14.5. The van der Waals surface area contributed by atoms with Crippen LogP contribution in [0.2, 0.25) is 0 Å². The Labute approximate surface area is 135 Å². The van der Waals surface area contributed by atoms with Gasteiger partial charge in [-0.15, -0.1) is 0 Å². The lowest BCUT2D eigenvalue weighted by Gasteiger charge is -2.32. The van der Waals surface area contributed by atoms with Gasteiger partial charge in [-0.3, -0.25) is 0 Å². The number of carbonyl (C=O) groups excluding carboxylic acids is 1. The summed E-state index contributed by atoms with van der Waals surface area (Å²) in [5.74, 6) is 1.16. The van der Waals surface area contributed by atoms with E-state index in [4.69, 9.17) is 4.74 Å². The number of ether oxygens (including phenoxy) is 1. The van der Waals surface area contributed by atoms with E-state index in [0.717, 1.165) is 45.8 Å². The summed E-state index contributed by atoms with van der Waals surface area (Å²) in [6, 6.07) is 0.0873. The first-order chi connectivity index (χ1) is 10.6. The molecule has 0 bridgehead atoms. The van der Waals surface area contributed by atoms with E-state index in [1.54, 1.807) is 0 Å². The van der Waals surface area contributed by atoms with Gasteiger partial charge in [0.15, 0.2) is 0 Å². The van der Waals surface area contributed by atoms with Crippen molar-refractivity contribution in [1.29, 1.82) is 0 Å². The van der Waals surface area contributed by atoms with Crippen molar-refractivity contribution < 1.29 is 9.53 Å². The van der Waals surface area contributed by atoms with Crippen LogP contribution in [0.25, 0.3) is 0 Å². The minimum absolute atomic E-state index is 0.0873. The average molecular weight is 311 g/mol. The van der Waals surface area contributed by atoms with Gasteiger partial charge < -0.3 is 19.9 Å². The lowest BCUT2D eigenvalue weighted by atomic mass is 9.98. The molecule has 2 aliphatic rings. The monoisotopic (exact) mass is 311 g/mol. The molecule has 2 aliphatic heterocycles. The van der Waals surface area contributed by atoms with Crippen molar-refractivity contribution in [1.82, 2.24) is 15.1 Å². The molecule has 0 spiro atoms. The summed E-state index contributed by atoms with van der Waals surface area (Å²) in [7, 11) is 0. The number of amides is 2. The fourth-order valence-corrected chi connectivity index (χ4v) is 3.33. The van der Waals surface area contributed by atoms with Crippen LogP contribution in [0.15, 0.2) is 0 Å². The van der Waals surface area contributed by atoms with Gasteiger partial charge in [0.25, 0.3) is 0 Å². The summed E-state index contributed by atoms with van der Waals surface area (Å²) >= 11 is 0. The van der Waals surface area contributed by atoms with Crippen LogP contribution in [-0.2, 0) is 4.74 Å². The van der Waals surface area contributed by atoms with E-state index >= 15 is 0 Å². The molecule has 5 heteroatoms. The second kappa shape index (κ2) is 8.73. The van der Waals surface area contributed by atoms with E-state index in [-0.39, 0.29) is 12.1 Å². The van der Waals surface area contributed by atoms with Gasteiger partial charge in [-0.25, -0.2) is 4.79 Å². The lowest BCUT2D eigenvalue weighted by Crippen LogP contribution is -2.44. The van der Waals surface area contributed by atoms with Gasteiger partial charge in [0.05, 0.1) is 6.10 Å². The largest absolute Gasteiger partial charge is 0.376 e. The molecule has 0 unspecified atom stereocenters. The van der Waals surface area contributed by atoms with Crippen molar-refractivity contribution in [2.24, 2.45) is 11.8 Å². The maximum Gasteiger partial charge on any atom is 0.317 e. The van der Waals surface area contributed by atoms with Gasteiger partial charge in [-0.05, 0) is 44.2 Å². The Bertz CT molecular complexity index is 349. The van der Waals surface area contributed by atoms with Crippen LogP contribution in [0.1, 0.15) is 40.0 Å². The van der Waals surface area contributed by atoms with Crippen molar-refractivity contribution in [3.8, 4) is 0 Å². The molecular weight excluding hydrogens is 278 g/mol. The van der Waals surface area contributed by atoms with Crippen LogP contribution >= 0.6 is 0 Å². The van der Waals surface area contributed by atoms with Crippen LogP contribution < -0.4 is 5.32 Å². The Morgan fingerprint density at radius 3 is 2.82 bits per heavy atom. The highest BCUT2D eigenvalue weighted by atomic mass is 16.5. The molecule has 0 aromatic carbocycles. The third kappa shape index (κ3) is 5.43. The third-order valence-electron chi connectivity index (χ3n) is 4.69. The summed E-state index contributed by atoms with van der Waals surface area (Å²) < 4.78 is 5.84. The van der Waals surface area contributed by atoms with Crippen molar-refractivity contribution in [2.75, 3.05) is 45.9 Å². The molecule has 0 radical (unpaired) electrons. The Morgan fingerprint density at radius 2 is 2.09 bits per heavy atom. The highest BCUT2D eigenvalue weighted by molar-refractivity contribution is 5.74. The number of rotatable bonds is 6. The molecule has 2 heterocycles. The van der Waals surface area contributed by atoms with E-state index in [1.165, 1.54) is 19.4 Å². The van der Waals surface area contributed by atoms with Crippen molar-refractivity contribution in [3.05, 3.63) is 0 Å². The normalized spacial score (nSPS) is 26.6. The molecule has 0 aliphatic carbocycles. The van der Waals surface area contributed by atoms with Gasteiger partial charge in [-0.2, -0.15) is 0 Å². The van der Waals surface area contributed by atoms with Gasteiger partial charge >= 0.3 is 6.03 Å². The van der Waals surface area contributed by atoms with E-state index in [9.17, 15) is 4.79 Å². The van der Waals surface area contributed by atoms with Gasteiger partial charge in [-0.1, -0.05) is 20.8 Å². The molecule has 0 aromatic rings. The molecule has 2 rings (SSSR count). The zero-order chi connectivity index (χ0) is 15.9. The predicted octanol–water partition coefficient (Wildman–Crippen LogP) is 2.17. The smallest absolute Gasteiger partial charge is 0.317 e. The fourth-order valence-electron chi connectivity index (χ4n) is 3.33. The lowest BCUT2D eigenvalue weighted by molar-refractivity contribution is 0.0435. The number of hydrogen-bond donors (Lipinski definition) is 1. The maximum absolute atomic E-state index is 12.3. The van der Waals surface area contributed by atoms with Crippen molar-refractivity contribution in [3.63, 3.8) is 0 Å². The number of likely N-dealkylation sites (tertiary alicyclic amines) is 2. The topological polar surface area (TPSA) is 44.8 Å². The number of piperidine rings is 1. The summed E-state index contributed by atoms with van der Waals surface area (Å²) in [5.41, 5.74) is 0. The summed E-state index contributed by atoms with van der Waals surface area (Å²) in [6.45, 7) is 13.1. The Kier molecular flexibility index (Phi) is 6.96. The molecule has 0 saturated carbocycles. The summed E-state index contributed by atoms with van der Waals surface area (Å²) in [5, 5.41) is 3.13. The summed E-state index contributed by atoms with van der Waals surface area (Å²) in [4.78, 5) is 16.7. The second-order valence-corrected chi connectivity index (χ2v) is 7.17. The summed E-state index contributed by atoms with van der Waals surface area (Å²) in [6.07, 6.45) is 3.67. The standard InChI is InChI=1S/C17H33N3O2/c1-4-19-8-5-6-15(11-19)10-18-17(21)20-9-7-16(12-20)22-13-14(2)3/h14-16H,4-13H2,1-3H3,(H,18,21)/t15-,16+/m1/s1. The van der Waals surface area contributed by atoms with Crippen LogP contribution in [0.5, 0.6) is 0 Å². The predicted molar refractivity (Wildman–Crippen MR) is 89.0 cm³/mol. The molecule has 5 nitrogen and oxygen atoms in total. The molecule has 2 saturated heterocycles. The second-order valence-electron chi connectivity index (χ2n) is 7.17. The fraction of sp³-hybridized carbons (Fsp3) is 0.941. The molecule has 2 atom stereocenters. The number of carbonyl (C=O) groups is 1. The number of urea groups is 1. The molecule has 1 N–H and O–H groups in total. The maximum atomic E-state index is 12.3. The first kappa shape index (κ1) is 17.5. The van der Waals surface area contributed by atoms with Crippen LogP contribution in [0.4, 0.5) is 4.79 Å². The molecule has 128 valence electrons. The Morgan fingerprint density at radius 1 is 1.27 bits per heavy atom. The molecule has 0 aromatic heterocycles. The van der Waals surface area contributed by atoms with Crippen molar-refractivity contribution >= 4 is 6.03 Å². The minimum Gasteiger partial charge on any atom is -0.376 e. The van der Waals surface area contributed by atoms with E-state index in [0.29, 0.717) is 11.8 Å². The molecule has 2 fully saturated rings. The highest BCUT2D eigenvalue weighted by Crippen LogP contribution is 2.16. The highest BCUT2D eigenvalue weighted by Gasteiger charge is 2.27. The Hall–Kier alpha value is -0.810. The van der Waals surface area contributed by atoms with Crippen LogP contribution in [0, 0.1) is 11.8 Å². The van der Waals surface area contributed by atoms with Gasteiger partial charge in [0.2, 0.25) is 0 Å². The van der Waals surface area contributed by atoms with Gasteiger partial charge in [0.1, 0.15) is 0 Å². The number of nitrogens with one attached hydrogen (secondary N) is 1. The first-order valence-corrected chi connectivity index (χ1v) is 8.95. The SMILES string of the molecule is CCN1CCC[C@H](CNC(=O)N2CC[C@H](OCC(C)C)C2)C1. The van der Waals surface area contributed by atoms with E-state index < -0.39 is 0 Å². The third-order valence-corrected chi connectivity index (χ3v) is 4.69. The number of hydrogen-bond acceptors (Lipinski definition) is 3. The molecular formula is C17H33N3O2. The van der Waals surface area contributed by atoms with Crippen molar-refractivity contribution in [2.45, 2.75) is 46.1 Å². The average Bonchev–Trinajstić information content (AvgIpc) is 3.00. The van der Waals surface area contributed by atoms with E-state index in [2.05, 4.69) is 31.0 Å². The zero-order valence-electron chi connectivity index (χ0n) is 14.5. The van der Waals surface area contributed by atoms with Crippen LogP contribution in [0.3, 0.4) is 0 Å². The van der Waals surface area contributed by atoms with Gasteiger partial charge in [0, 0.05) is 32.8 Å².